The van der Waals surface area contributed by atoms with E-state index in [1.165, 1.54) is 12.1 Å². The van der Waals surface area contributed by atoms with Crippen molar-refractivity contribution in [2.24, 2.45) is 0 Å². The molecule has 8 heteroatoms. The first-order valence-corrected chi connectivity index (χ1v) is 5.95. The molecule has 1 aromatic rings. The summed E-state index contributed by atoms with van der Waals surface area (Å²) >= 11 is 0. The lowest BCUT2D eigenvalue weighted by Gasteiger charge is -2.09. The van der Waals surface area contributed by atoms with Gasteiger partial charge >= 0.3 is 6.18 Å². The molecule has 5 nitrogen and oxygen atoms in total. The molecule has 1 amide bonds. The predicted molar refractivity (Wildman–Crippen MR) is 66.5 cm³/mol. The largest absolute Gasteiger partial charge is 0.482 e. The molecule has 0 aliphatic heterocycles. The number of hydrogen-bond donors (Lipinski definition) is 1. The molecule has 0 unspecified atom stereocenters. The van der Waals surface area contributed by atoms with Gasteiger partial charge in [-0.25, -0.2) is 0 Å². The topological polar surface area (TPSA) is 71.3 Å². The molecule has 1 N–H and O–H groups in total. The molecule has 0 bridgehead atoms. The molecule has 114 valence electrons. The van der Waals surface area contributed by atoms with Gasteiger partial charge in [-0.05, 0) is 12.1 Å². The van der Waals surface area contributed by atoms with Crippen LogP contribution in [0.4, 0.5) is 13.2 Å². The van der Waals surface area contributed by atoms with E-state index in [9.17, 15) is 18.0 Å². The van der Waals surface area contributed by atoms with Crippen molar-refractivity contribution in [1.82, 2.24) is 5.32 Å². The lowest BCUT2D eigenvalue weighted by Crippen LogP contribution is -2.32. The minimum absolute atomic E-state index is 0.0574. The number of alkyl halides is 3. The van der Waals surface area contributed by atoms with E-state index in [1.54, 1.807) is 12.1 Å². The highest BCUT2D eigenvalue weighted by Gasteiger charge is 2.27. The van der Waals surface area contributed by atoms with Gasteiger partial charge in [-0.15, -0.1) is 0 Å². The summed E-state index contributed by atoms with van der Waals surface area (Å²) in [6.07, 6.45) is -4.38. The van der Waals surface area contributed by atoms with Gasteiger partial charge in [0, 0.05) is 6.54 Å². The van der Waals surface area contributed by atoms with Crippen LogP contribution in [0.3, 0.4) is 0 Å². The zero-order valence-corrected chi connectivity index (χ0v) is 10.9. The van der Waals surface area contributed by atoms with Crippen molar-refractivity contribution >= 4 is 5.91 Å². The summed E-state index contributed by atoms with van der Waals surface area (Å²) in [6, 6.07) is 8.30. The molecule has 0 atom stereocenters. The van der Waals surface area contributed by atoms with Gasteiger partial charge in [0.15, 0.2) is 6.61 Å². The third kappa shape index (κ3) is 7.17. The fourth-order valence-corrected chi connectivity index (χ4v) is 1.33. The van der Waals surface area contributed by atoms with Gasteiger partial charge in [-0.2, -0.15) is 18.4 Å². The van der Waals surface area contributed by atoms with E-state index in [-0.39, 0.29) is 25.5 Å². The summed E-state index contributed by atoms with van der Waals surface area (Å²) in [5.74, 6) is -0.248. The van der Waals surface area contributed by atoms with Crippen molar-refractivity contribution in [2.75, 3.05) is 26.4 Å². The molecular formula is C13H13F3N2O3. The molecule has 0 saturated carbocycles. The van der Waals surface area contributed by atoms with Crippen LogP contribution in [0.1, 0.15) is 5.56 Å². The van der Waals surface area contributed by atoms with Crippen molar-refractivity contribution in [3.63, 3.8) is 0 Å². The number of nitrogens with zero attached hydrogens (tertiary/aromatic N) is 1. The Hall–Kier alpha value is -2.27. The van der Waals surface area contributed by atoms with Crippen LogP contribution in [-0.2, 0) is 9.53 Å². The van der Waals surface area contributed by atoms with Crippen LogP contribution in [0.25, 0.3) is 0 Å². The Morgan fingerprint density at radius 1 is 1.33 bits per heavy atom. The second-order valence-electron chi connectivity index (χ2n) is 3.91. The van der Waals surface area contributed by atoms with Gasteiger partial charge in [0.1, 0.15) is 18.4 Å². The first-order valence-electron chi connectivity index (χ1n) is 5.95. The molecular weight excluding hydrogens is 289 g/mol. The van der Waals surface area contributed by atoms with Crippen LogP contribution >= 0.6 is 0 Å². The highest BCUT2D eigenvalue weighted by atomic mass is 19.4. The highest BCUT2D eigenvalue weighted by molar-refractivity contribution is 5.77. The Kier molecular flexibility index (Phi) is 6.49. The minimum atomic E-state index is -4.38. The highest BCUT2D eigenvalue weighted by Crippen LogP contribution is 2.16. The van der Waals surface area contributed by atoms with E-state index in [1.807, 2.05) is 6.07 Å². The van der Waals surface area contributed by atoms with Crippen LogP contribution in [0, 0.1) is 11.3 Å². The van der Waals surface area contributed by atoms with Crippen molar-refractivity contribution in [2.45, 2.75) is 6.18 Å². The van der Waals surface area contributed by atoms with Gasteiger partial charge < -0.3 is 14.8 Å². The van der Waals surface area contributed by atoms with Crippen LogP contribution in [0.15, 0.2) is 24.3 Å². The number of benzene rings is 1. The van der Waals surface area contributed by atoms with E-state index in [0.29, 0.717) is 5.56 Å². The minimum Gasteiger partial charge on any atom is -0.482 e. The van der Waals surface area contributed by atoms with E-state index in [0.717, 1.165) is 0 Å². The number of carbonyl (C=O) groups is 1. The average Bonchev–Trinajstić information content (AvgIpc) is 2.43. The lowest BCUT2D eigenvalue weighted by molar-refractivity contribution is -0.173. The zero-order valence-electron chi connectivity index (χ0n) is 10.9. The molecule has 0 aliphatic carbocycles. The Morgan fingerprint density at radius 2 is 2.05 bits per heavy atom. The summed E-state index contributed by atoms with van der Waals surface area (Å²) in [7, 11) is 0. The number of carbonyl (C=O) groups excluding carboxylic acids is 1. The van der Waals surface area contributed by atoms with Gasteiger partial charge in [0.2, 0.25) is 0 Å². The maximum atomic E-state index is 11.8. The lowest BCUT2D eigenvalue weighted by atomic mass is 10.2. The molecule has 0 fully saturated rings. The fraction of sp³-hybridized carbons (Fsp3) is 0.385. The van der Waals surface area contributed by atoms with Crippen LogP contribution < -0.4 is 10.1 Å². The van der Waals surface area contributed by atoms with E-state index < -0.39 is 18.7 Å². The number of amides is 1. The smallest absolute Gasteiger partial charge is 0.411 e. The first kappa shape index (κ1) is 16.8. The van der Waals surface area contributed by atoms with E-state index in [4.69, 9.17) is 10.00 Å². The van der Waals surface area contributed by atoms with E-state index in [2.05, 4.69) is 10.1 Å². The predicted octanol–water partition coefficient (Wildman–Crippen LogP) is 1.63. The number of para-hydroxylation sites is 1. The van der Waals surface area contributed by atoms with Crippen molar-refractivity contribution in [1.29, 1.82) is 5.26 Å². The molecule has 1 aromatic carbocycles. The average molecular weight is 302 g/mol. The quantitative estimate of drug-likeness (QED) is 0.777. The molecule has 0 aliphatic rings. The summed E-state index contributed by atoms with van der Waals surface area (Å²) in [5.41, 5.74) is 0.291. The number of nitriles is 1. The van der Waals surface area contributed by atoms with Crippen molar-refractivity contribution in [3.8, 4) is 11.8 Å². The second-order valence-corrected chi connectivity index (χ2v) is 3.91. The summed E-state index contributed by atoms with van der Waals surface area (Å²) in [5, 5.41) is 11.1. The molecule has 1 rings (SSSR count). The molecule has 0 saturated heterocycles. The number of nitrogens with one attached hydrogen (secondary N) is 1. The Balaban J connectivity index is 2.21. The third-order valence-electron chi connectivity index (χ3n) is 2.20. The van der Waals surface area contributed by atoms with Crippen molar-refractivity contribution in [3.05, 3.63) is 29.8 Å². The molecule has 0 radical (unpaired) electrons. The molecule has 0 spiro atoms. The van der Waals surface area contributed by atoms with E-state index >= 15 is 0 Å². The van der Waals surface area contributed by atoms with Gasteiger partial charge in [0.05, 0.1) is 12.2 Å². The van der Waals surface area contributed by atoms with Crippen LogP contribution in [0.2, 0.25) is 0 Å². The Labute approximate surface area is 119 Å². The Morgan fingerprint density at radius 3 is 2.71 bits per heavy atom. The number of halogens is 3. The number of ether oxygens (including phenoxy) is 2. The number of rotatable bonds is 7. The zero-order chi connectivity index (χ0) is 15.7. The fourth-order valence-electron chi connectivity index (χ4n) is 1.33. The summed E-state index contributed by atoms with van der Waals surface area (Å²) in [4.78, 5) is 11.4. The Bertz CT molecular complexity index is 512. The van der Waals surface area contributed by atoms with Gasteiger partial charge in [0.25, 0.3) is 5.91 Å². The monoisotopic (exact) mass is 302 g/mol. The summed E-state index contributed by atoms with van der Waals surface area (Å²) in [6.45, 7) is -1.99. The van der Waals surface area contributed by atoms with Crippen LogP contribution in [-0.4, -0.2) is 38.4 Å². The normalized spacial score (nSPS) is 10.8. The van der Waals surface area contributed by atoms with Gasteiger partial charge in [-0.3, -0.25) is 4.79 Å². The standard InChI is InChI=1S/C13H13F3N2O3/c14-13(15,16)9-20-6-5-18-12(19)8-21-11-4-2-1-3-10(11)7-17/h1-4H,5-6,8-9H2,(H,18,19). The number of hydrogen-bond acceptors (Lipinski definition) is 4. The molecule has 0 heterocycles. The second kappa shape index (κ2) is 8.11. The maximum absolute atomic E-state index is 11.8. The van der Waals surface area contributed by atoms with Gasteiger partial charge in [-0.1, -0.05) is 12.1 Å². The SMILES string of the molecule is N#Cc1ccccc1OCC(=O)NCCOCC(F)(F)F. The van der Waals surface area contributed by atoms with Crippen molar-refractivity contribution < 1.29 is 27.4 Å². The first-order chi connectivity index (χ1) is 9.92. The maximum Gasteiger partial charge on any atom is 0.411 e. The molecule has 21 heavy (non-hydrogen) atoms. The molecule has 0 aromatic heterocycles. The third-order valence-corrected chi connectivity index (χ3v) is 2.20. The van der Waals surface area contributed by atoms with Crippen LogP contribution in [0.5, 0.6) is 5.75 Å². The summed E-state index contributed by atoms with van der Waals surface area (Å²) < 4.78 is 44.8.